The number of ether oxygens (including phenoxy) is 2. The van der Waals surface area contributed by atoms with E-state index in [0.717, 1.165) is 0 Å². The zero-order valence-electron chi connectivity index (χ0n) is 4.26. The van der Waals surface area contributed by atoms with Crippen molar-refractivity contribution in [3.63, 3.8) is 0 Å². The first-order chi connectivity index (χ1) is 3.43. The van der Waals surface area contributed by atoms with Gasteiger partial charge in [-0.2, -0.15) is 0 Å². The molecule has 0 fully saturated rings. The second kappa shape index (κ2) is 2.09. The van der Waals surface area contributed by atoms with Crippen LogP contribution in [-0.4, -0.2) is 20.0 Å². The fourth-order valence-electron chi connectivity index (χ4n) is 0.519. The highest BCUT2D eigenvalue weighted by molar-refractivity contribution is 4.90. The maximum absolute atomic E-state index is 4.97. The van der Waals surface area contributed by atoms with Crippen LogP contribution in [0.15, 0.2) is 12.2 Å². The molecule has 1 aliphatic rings. The minimum atomic E-state index is -0.0833. The van der Waals surface area contributed by atoms with Gasteiger partial charge in [-0.3, -0.25) is 0 Å². The van der Waals surface area contributed by atoms with Crippen molar-refractivity contribution in [2.24, 2.45) is 0 Å². The Morgan fingerprint density at radius 1 is 1.86 bits per heavy atom. The average molecular weight is 100 g/mol. The third-order valence-corrected chi connectivity index (χ3v) is 0.882. The predicted octanol–water partition coefficient (Wildman–Crippen LogP) is 0.545. The summed E-state index contributed by atoms with van der Waals surface area (Å²) in [5, 5.41) is 0. The van der Waals surface area contributed by atoms with Crippen LogP contribution in [0, 0.1) is 0 Å². The molecule has 0 saturated carbocycles. The SMILES string of the molecule is CO[C@@H]1C=CCO1. The first-order valence-electron chi connectivity index (χ1n) is 2.24. The fraction of sp³-hybridized carbons (Fsp3) is 0.600. The highest BCUT2D eigenvalue weighted by Crippen LogP contribution is 2.01. The average Bonchev–Trinajstić information content (AvgIpc) is 2.14. The van der Waals surface area contributed by atoms with Crippen molar-refractivity contribution in [1.29, 1.82) is 0 Å². The van der Waals surface area contributed by atoms with E-state index < -0.39 is 0 Å². The number of methoxy groups -OCH3 is 1. The van der Waals surface area contributed by atoms with Gasteiger partial charge in [0.1, 0.15) is 0 Å². The molecule has 1 rings (SSSR count). The lowest BCUT2D eigenvalue weighted by Crippen LogP contribution is -2.05. The van der Waals surface area contributed by atoms with E-state index in [2.05, 4.69) is 0 Å². The Balaban J connectivity index is 2.28. The lowest BCUT2D eigenvalue weighted by molar-refractivity contribution is -0.0683. The maximum atomic E-state index is 4.97. The summed E-state index contributed by atoms with van der Waals surface area (Å²) in [4.78, 5) is 0. The van der Waals surface area contributed by atoms with Gasteiger partial charge in [-0.15, -0.1) is 0 Å². The minimum absolute atomic E-state index is 0.0833. The Morgan fingerprint density at radius 3 is 3.00 bits per heavy atom. The lowest BCUT2D eigenvalue weighted by Gasteiger charge is -2.02. The first kappa shape index (κ1) is 4.81. The molecular weight excluding hydrogens is 92.1 g/mol. The molecule has 0 N–H and O–H groups in total. The van der Waals surface area contributed by atoms with Gasteiger partial charge >= 0.3 is 0 Å². The molecule has 0 unspecified atom stereocenters. The second-order valence-corrected chi connectivity index (χ2v) is 1.37. The fourth-order valence-corrected chi connectivity index (χ4v) is 0.519. The van der Waals surface area contributed by atoms with Crippen LogP contribution in [0.3, 0.4) is 0 Å². The van der Waals surface area contributed by atoms with Crippen LogP contribution in [0.2, 0.25) is 0 Å². The summed E-state index contributed by atoms with van der Waals surface area (Å²) in [7, 11) is 1.63. The summed E-state index contributed by atoms with van der Waals surface area (Å²) in [5.74, 6) is 0. The summed E-state index contributed by atoms with van der Waals surface area (Å²) in [6.07, 6.45) is 3.74. The smallest absolute Gasteiger partial charge is 0.176 e. The van der Waals surface area contributed by atoms with E-state index in [-0.39, 0.29) is 6.29 Å². The molecule has 0 spiro atoms. The lowest BCUT2D eigenvalue weighted by atomic mass is 10.6. The van der Waals surface area contributed by atoms with Crippen LogP contribution in [0.1, 0.15) is 0 Å². The summed E-state index contributed by atoms with van der Waals surface area (Å²) >= 11 is 0. The van der Waals surface area contributed by atoms with Crippen molar-refractivity contribution in [2.45, 2.75) is 6.29 Å². The van der Waals surface area contributed by atoms with E-state index in [1.165, 1.54) is 0 Å². The van der Waals surface area contributed by atoms with Gasteiger partial charge in [0, 0.05) is 7.11 Å². The van der Waals surface area contributed by atoms with E-state index >= 15 is 0 Å². The molecule has 0 aromatic carbocycles. The zero-order valence-corrected chi connectivity index (χ0v) is 4.26. The molecule has 0 radical (unpaired) electrons. The highest BCUT2D eigenvalue weighted by Gasteiger charge is 2.04. The molecular formula is C5H8O2. The van der Waals surface area contributed by atoms with Gasteiger partial charge in [0.25, 0.3) is 0 Å². The van der Waals surface area contributed by atoms with E-state index in [4.69, 9.17) is 9.47 Å². The van der Waals surface area contributed by atoms with Gasteiger partial charge in [0.15, 0.2) is 6.29 Å². The normalized spacial score (nSPS) is 29.0. The van der Waals surface area contributed by atoms with E-state index in [1.54, 1.807) is 7.11 Å². The molecule has 0 aromatic rings. The van der Waals surface area contributed by atoms with Gasteiger partial charge in [0.2, 0.25) is 0 Å². The van der Waals surface area contributed by atoms with Crippen LogP contribution in [-0.2, 0) is 9.47 Å². The summed E-state index contributed by atoms with van der Waals surface area (Å²) in [6, 6.07) is 0. The molecule has 2 heteroatoms. The van der Waals surface area contributed by atoms with E-state index in [0.29, 0.717) is 6.61 Å². The largest absolute Gasteiger partial charge is 0.352 e. The Hall–Kier alpha value is -0.340. The summed E-state index contributed by atoms with van der Waals surface area (Å²) in [6.45, 7) is 0.693. The van der Waals surface area contributed by atoms with Crippen LogP contribution in [0.4, 0.5) is 0 Å². The molecule has 1 aliphatic heterocycles. The van der Waals surface area contributed by atoms with Crippen molar-refractivity contribution >= 4 is 0 Å². The molecule has 0 amide bonds. The number of rotatable bonds is 1. The Morgan fingerprint density at radius 2 is 2.71 bits per heavy atom. The van der Waals surface area contributed by atoms with Crippen molar-refractivity contribution < 1.29 is 9.47 Å². The molecule has 0 saturated heterocycles. The Labute approximate surface area is 42.7 Å². The Bertz CT molecular complexity index is 78.1. The molecule has 40 valence electrons. The van der Waals surface area contributed by atoms with Crippen molar-refractivity contribution in [3.8, 4) is 0 Å². The molecule has 0 aliphatic carbocycles. The van der Waals surface area contributed by atoms with Crippen LogP contribution in [0.25, 0.3) is 0 Å². The van der Waals surface area contributed by atoms with Crippen molar-refractivity contribution in [3.05, 3.63) is 12.2 Å². The topological polar surface area (TPSA) is 18.5 Å². The molecule has 1 atom stereocenters. The van der Waals surface area contributed by atoms with Crippen LogP contribution < -0.4 is 0 Å². The molecule has 0 bridgehead atoms. The van der Waals surface area contributed by atoms with Crippen molar-refractivity contribution in [1.82, 2.24) is 0 Å². The zero-order chi connectivity index (χ0) is 5.11. The second-order valence-electron chi connectivity index (χ2n) is 1.37. The minimum Gasteiger partial charge on any atom is -0.352 e. The highest BCUT2D eigenvalue weighted by atomic mass is 16.7. The molecule has 1 heterocycles. The maximum Gasteiger partial charge on any atom is 0.176 e. The van der Waals surface area contributed by atoms with E-state index in [1.807, 2.05) is 12.2 Å². The predicted molar refractivity (Wildman–Crippen MR) is 25.9 cm³/mol. The third-order valence-electron chi connectivity index (χ3n) is 0.882. The van der Waals surface area contributed by atoms with E-state index in [9.17, 15) is 0 Å². The van der Waals surface area contributed by atoms with Crippen LogP contribution in [0.5, 0.6) is 0 Å². The summed E-state index contributed by atoms with van der Waals surface area (Å²) in [5.41, 5.74) is 0. The summed E-state index contributed by atoms with van der Waals surface area (Å²) < 4.78 is 9.77. The third kappa shape index (κ3) is 1.01. The van der Waals surface area contributed by atoms with Gasteiger partial charge in [-0.05, 0) is 6.08 Å². The quantitative estimate of drug-likeness (QED) is 0.448. The molecule has 2 nitrogen and oxygen atoms in total. The van der Waals surface area contributed by atoms with Crippen LogP contribution >= 0.6 is 0 Å². The van der Waals surface area contributed by atoms with Gasteiger partial charge in [-0.25, -0.2) is 0 Å². The number of hydrogen-bond donors (Lipinski definition) is 0. The van der Waals surface area contributed by atoms with Crippen molar-refractivity contribution in [2.75, 3.05) is 13.7 Å². The molecule has 0 aromatic heterocycles. The van der Waals surface area contributed by atoms with Gasteiger partial charge < -0.3 is 9.47 Å². The number of hydrogen-bond acceptors (Lipinski definition) is 2. The van der Waals surface area contributed by atoms with Gasteiger partial charge in [0.05, 0.1) is 6.61 Å². The van der Waals surface area contributed by atoms with Gasteiger partial charge in [-0.1, -0.05) is 6.08 Å². The first-order valence-corrected chi connectivity index (χ1v) is 2.24. The monoisotopic (exact) mass is 100 g/mol. The molecule has 7 heavy (non-hydrogen) atoms. The Kier molecular flexibility index (Phi) is 1.44. The standard InChI is InChI=1S/C5H8O2/c1-6-5-3-2-4-7-5/h2-3,5H,4H2,1H3/t5-/m0/s1.